The quantitative estimate of drug-likeness (QED) is 0.928. The first-order valence-electron chi connectivity index (χ1n) is 8.38. The molecule has 2 aromatic heterocycles. The van der Waals surface area contributed by atoms with E-state index in [1.165, 1.54) is 0 Å². The fourth-order valence-electron chi connectivity index (χ4n) is 3.89. The molecule has 0 aliphatic carbocycles. The maximum Gasteiger partial charge on any atom is 0.227 e. The molecule has 2 saturated heterocycles. The third-order valence-corrected chi connectivity index (χ3v) is 5.87. The molecule has 4 rings (SSSR count). The maximum atomic E-state index is 12.5. The number of amides is 2. The van der Waals surface area contributed by atoms with Crippen molar-refractivity contribution in [2.75, 3.05) is 24.5 Å². The van der Waals surface area contributed by atoms with Gasteiger partial charge in [-0.25, -0.2) is 0 Å². The third kappa shape index (κ3) is 2.86. The van der Waals surface area contributed by atoms with Crippen LogP contribution in [0.5, 0.6) is 0 Å². The molecule has 0 aromatic carbocycles. The van der Waals surface area contributed by atoms with Gasteiger partial charge in [-0.15, -0.1) is 0 Å². The molecule has 2 fully saturated rings. The summed E-state index contributed by atoms with van der Waals surface area (Å²) in [6, 6.07) is 5.96. The van der Waals surface area contributed by atoms with Crippen molar-refractivity contribution in [1.29, 1.82) is 0 Å². The summed E-state index contributed by atoms with van der Waals surface area (Å²) in [4.78, 5) is 31.9. The summed E-state index contributed by atoms with van der Waals surface area (Å²) < 4.78 is 0. The van der Waals surface area contributed by atoms with E-state index >= 15 is 0 Å². The highest BCUT2D eigenvalue weighted by Gasteiger charge is 2.48. The van der Waals surface area contributed by atoms with Gasteiger partial charge in [-0.2, -0.15) is 11.3 Å². The minimum Gasteiger partial charge on any atom is -0.365 e. The van der Waals surface area contributed by atoms with E-state index in [-0.39, 0.29) is 17.2 Å². The van der Waals surface area contributed by atoms with E-state index in [1.807, 2.05) is 45.0 Å². The zero-order valence-corrected chi connectivity index (χ0v) is 14.3. The predicted molar refractivity (Wildman–Crippen MR) is 94.0 cm³/mol. The van der Waals surface area contributed by atoms with Gasteiger partial charge in [0, 0.05) is 55.2 Å². The van der Waals surface area contributed by atoms with Crippen molar-refractivity contribution in [2.24, 2.45) is 5.41 Å². The number of H-pyrrole nitrogens is 1. The van der Waals surface area contributed by atoms with Crippen LogP contribution in [-0.2, 0) is 16.0 Å². The van der Waals surface area contributed by atoms with Gasteiger partial charge >= 0.3 is 0 Å². The molecule has 24 heavy (non-hydrogen) atoms. The molecule has 4 heterocycles. The zero-order chi connectivity index (χ0) is 16.6. The molecule has 1 atom stereocenters. The second kappa shape index (κ2) is 6.09. The number of nitrogens with one attached hydrogen (secondary N) is 1. The number of rotatable bonds is 4. The van der Waals surface area contributed by atoms with E-state index in [1.54, 1.807) is 11.3 Å². The lowest BCUT2D eigenvalue weighted by molar-refractivity contribution is -0.130. The Bertz CT molecular complexity index is 726. The van der Waals surface area contributed by atoms with Crippen molar-refractivity contribution >= 4 is 28.8 Å². The van der Waals surface area contributed by atoms with Crippen LogP contribution in [0.4, 0.5) is 5.69 Å². The lowest BCUT2D eigenvalue weighted by atomic mass is 9.86. The number of hydrogen-bond donors (Lipinski definition) is 1. The Labute approximate surface area is 145 Å². The zero-order valence-electron chi connectivity index (χ0n) is 13.5. The third-order valence-electron chi connectivity index (χ3n) is 5.20. The minimum atomic E-state index is -0.0545. The summed E-state index contributed by atoms with van der Waals surface area (Å²) in [5.74, 6) is 0.386. The number of carbonyl (C=O) groups is 2. The number of hydrogen-bond acceptors (Lipinski definition) is 3. The van der Waals surface area contributed by atoms with Crippen LogP contribution < -0.4 is 4.90 Å². The molecular weight excluding hydrogens is 322 g/mol. The molecule has 1 N–H and O–H groups in total. The van der Waals surface area contributed by atoms with Gasteiger partial charge in [-0.05, 0) is 36.4 Å². The average Bonchev–Trinajstić information content (AvgIpc) is 3.34. The van der Waals surface area contributed by atoms with E-state index in [2.05, 4.69) is 4.98 Å². The number of aromatic amines is 1. The second-order valence-electron chi connectivity index (χ2n) is 6.90. The number of aromatic nitrogens is 1. The van der Waals surface area contributed by atoms with Gasteiger partial charge in [0.1, 0.15) is 0 Å². The van der Waals surface area contributed by atoms with Gasteiger partial charge in [0.25, 0.3) is 0 Å². The number of likely N-dealkylation sites (tertiary alicyclic amines) is 1. The number of carbonyl (C=O) groups excluding carboxylic acids is 2. The van der Waals surface area contributed by atoms with Crippen LogP contribution >= 0.6 is 11.3 Å². The van der Waals surface area contributed by atoms with Gasteiger partial charge in [-0.3, -0.25) is 9.59 Å². The summed E-state index contributed by atoms with van der Waals surface area (Å²) in [5.41, 5.74) is 2.04. The van der Waals surface area contributed by atoms with Gasteiger partial charge < -0.3 is 14.8 Å². The SMILES string of the molecule is O=C(CCc1ccc[nH]1)N1CCC2(CC(=O)N(c3ccsc3)C2)C1. The van der Waals surface area contributed by atoms with Gasteiger partial charge in [0.15, 0.2) is 0 Å². The van der Waals surface area contributed by atoms with Crippen LogP contribution in [0.3, 0.4) is 0 Å². The number of anilines is 1. The van der Waals surface area contributed by atoms with Crippen molar-refractivity contribution in [3.63, 3.8) is 0 Å². The Morgan fingerprint density at radius 1 is 1.33 bits per heavy atom. The Morgan fingerprint density at radius 3 is 3.00 bits per heavy atom. The first-order valence-corrected chi connectivity index (χ1v) is 9.32. The Morgan fingerprint density at radius 2 is 2.25 bits per heavy atom. The Hall–Kier alpha value is -2.08. The van der Waals surface area contributed by atoms with Crippen LogP contribution in [0.25, 0.3) is 0 Å². The smallest absolute Gasteiger partial charge is 0.227 e. The second-order valence-corrected chi connectivity index (χ2v) is 7.68. The summed E-state index contributed by atoms with van der Waals surface area (Å²) in [6.45, 7) is 2.22. The van der Waals surface area contributed by atoms with Crippen molar-refractivity contribution in [3.05, 3.63) is 40.8 Å². The van der Waals surface area contributed by atoms with Gasteiger partial charge in [-0.1, -0.05) is 0 Å². The van der Waals surface area contributed by atoms with Crippen molar-refractivity contribution < 1.29 is 9.59 Å². The van der Waals surface area contributed by atoms with Crippen LogP contribution in [-0.4, -0.2) is 41.3 Å². The van der Waals surface area contributed by atoms with E-state index < -0.39 is 0 Å². The van der Waals surface area contributed by atoms with Crippen LogP contribution in [0.15, 0.2) is 35.2 Å². The van der Waals surface area contributed by atoms with E-state index in [0.29, 0.717) is 19.4 Å². The largest absolute Gasteiger partial charge is 0.365 e. The molecule has 1 unspecified atom stereocenters. The van der Waals surface area contributed by atoms with Crippen LogP contribution in [0, 0.1) is 5.41 Å². The first-order chi connectivity index (χ1) is 11.7. The summed E-state index contributed by atoms with van der Waals surface area (Å²) in [5, 5.41) is 4.02. The maximum absolute atomic E-state index is 12.5. The lowest BCUT2D eigenvalue weighted by Crippen LogP contribution is -2.34. The summed E-state index contributed by atoms with van der Waals surface area (Å²) in [7, 11) is 0. The Balaban J connectivity index is 1.37. The summed E-state index contributed by atoms with van der Waals surface area (Å²) >= 11 is 1.61. The fourth-order valence-corrected chi connectivity index (χ4v) is 4.53. The minimum absolute atomic E-state index is 0.0545. The molecule has 126 valence electrons. The molecule has 6 heteroatoms. The Kier molecular flexibility index (Phi) is 3.92. The highest BCUT2D eigenvalue weighted by Crippen LogP contribution is 2.42. The molecule has 2 aliphatic heterocycles. The van der Waals surface area contributed by atoms with Crippen LogP contribution in [0.2, 0.25) is 0 Å². The van der Waals surface area contributed by atoms with Gasteiger partial charge in [0.05, 0.1) is 5.69 Å². The van der Waals surface area contributed by atoms with Crippen molar-refractivity contribution in [1.82, 2.24) is 9.88 Å². The molecule has 0 radical (unpaired) electrons. The number of thiophene rings is 1. The molecule has 0 saturated carbocycles. The van der Waals surface area contributed by atoms with Gasteiger partial charge in [0.2, 0.25) is 11.8 Å². The van der Waals surface area contributed by atoms with Crippen molar-refractivity contribution in [3.8, 4) is 0 Å². The van der Waals surface area contributed by atoms with E-state index in [9.17, 15) is 9.59 Å². The molecule has 2 amide bonds. The standard InChI is InChI=1S/C18H21N3O2S/c22-16(4-3-14-2-1-7-19-14)20-8-6-18(12-20)10-17(23)21(13-18)15-5-9-24-11-15/h1-2,5,7,9,11,19H,3-4,6,8,10,12-13H2. The monoisotopic (exact) mass is 343 g/mol. The molecule has 0 bridgehead atoms. The predicted octanol–water partition coefficient (Wildman–Crippen LogP) is 2.66. The number of aryl methyl sites for hydroxylation is 1. The first kappa shape index (κ1) is 15.4. The number of nitrogens with zero attached hydrogens (tertiary/aromatic N) is 2. The molecule has 2 aromatic rings. The highest BCUT2D eigenvalue weighted by molar-refractivity contribution is 7.08. The lowest BCUT2D eigenvalue weighted by Gasteiger charge is -2.24. The fraction of sp³-hybridized carbons (Fsp3) is 0.444. The normalized spacial score (nSPS) is 23.6. The molecule has 2 aliphatic rings. The van der Waals surface area contributed by atoms with E-state index in [0.717, 1.165) is 37.3 Å². The average molecular weight is 343 g/mol. The van der Waals surface area contributed by atoms with Crippen LogP contribution in [0.1, 0.15) is 25.0 Å². The van der Waals surface area contributed by atoms with E-state index in [4.69, 9.17) is 0 Å². The molecule has 1 spiro atoms. The van der Waals surface area contributed by atoms with Crippen molar-refractivity contribution in [2.45, 2.75) is 25.7 Å². The summed E-state index contributed by atoms with van der Waals surface area (Å²) in [6.07, 6.45) is 4.64. The highest BCUT2D eigenvalue weighted by atomic mass is 32.1. The molecular formula is C18H21N3O2S. The topological polar surface area (TPSA) is 56.4 Å². The molecule has 5 nitrogen and oxygen atoms in total.